The van der Waals surface area contributed by atoms with Gasteiger partial charge in [0.05, 0.1) is 0 Å². The third kappa shape index (κ3) is 3.52. The van der Waals surface area contributed by atoms with E-state index in [2.05, 4.69) is 0 Å². The van der Waals surface area contributed by atoms with E-state index in [9.17, 15) is 14.0 Å². The molecule has 140 valence electrons. The summed E-state index contributed by atoms with van der Waals surface area (Å²) in [5.41, 5.74) is 0.963. The van der Waals surface area contributed by atoms with Gasteiger partial charge < -0.3 is 14.5 Å². The minimum atomic E-state index is -0.868. The molecule has 0 unspecified atom stereocenters. The minimum Gasteiger partial charge on any atom is -0.478 e. The summed E-state index contributed by atoms with van der Waals surface area (Å²) < 4.78 is 18.9. The average molecular weight is 368 g/mol. The molecule has 2 aromatic carbocycles. The van der Waals surface area contributed by atoms with Crippen LogP contribution in [-0.4, -0.2) is 46.8 Å². The zero-order chi connectivity index (χ0) is 18.8. The van der Waals surface area contributed by atoms with E-state index in [1.165, 1.54) is 24.3 Å². The van der Waals surface area contributed by atoms with Crippen molar-refractivity contribution in [3.8, 4) is 5.75 Å². The molecule has 2 aliphatic rings. The first-order chi connectivity index (χ1) is 13.1. The molecular formula is C21H21FN2O3. The van der Waals surface area contributed by atoms with Crippen molar-refractivity contribution in [3.63, 3.8) is 0 Å². The Balaban J connectivity index is 1.54. The van der Waals surface area contributed by atoms with E-state index in [-0.39, 0.29) is 17.6 Å². The Morgan fingerprint density at radius 1 is 1.04 bits per heavy atom. The summed E-state index contributed by atoms with van der Waals surface area (Å²) in [6.45, 7) is 1.80. The first kappa shape index (κ1) is 17.5. The molecule has 6 heteroatoms. The van der Waals surface area contributed by atoms with E-state index in [4.69, 9.17) is 4.74 Å². The van der Waals surface area contributed by atoms with Crippen LogP contribution in [0, 0.1) is 5.82 Å². The smallest absolute Gasteiger partial charge is 0.267 e. The number of carbonyl (C=O) groups excluding carboxylic acids is 2. The van der Waals surface area contributed by atoms with Crippen LogP contribution in [0.4, 0.5) is 4.39 Å². The number of carbonyl (C=O) groups is 2. The lowest BCUT2D eigenvalue weighted by Crippen LogP contribution is -2.71. The van der Waals surface area contributed by atoms with Crippen LogP contribution in [0.25, 0.3) is 0 Å². The Hall–Kier alpha value is -2.89. The topological polar surface area (TPSA) is 49.9 Å². The molecule has 0 N–H and O–H groups in total. The second-order valence-corrected chi connectivity index (χ2v) is 6.92. The summed E-state index contributed by atoms with van der Waals surface area (Å²) in [4.78, 5) is 29.1. The number of amides is 2. The van der Waals surface area contributed by atoms with Gasteiger partial charge in [0.15, 0.2) is 6.04 Å². The molecule has 0 aliphatic carbocycles. The van der Waals surface area contributed by atoms with Gasteiger partial charge in [-0.15, -0.1) is 0 Å². The summed E-state index contributed by atoms with van der Waals surface area (Å²) in [5, 5.41) is 0. The highest BCUT2D eigenvalue weighted by Gasteiger charge is 2.54. The fraction of sp³-hybridized carbons (Fsp3) is 0.333. The normalized spacial score (nSPS) is 21.9. The van der Waals surface area contributed by atoms with Crippen molar-refractivity contribution in [2.75, 3.05) is 13.1 Å². The average Bonchev–Trinajstić information content (AvgIpc) is 3.23. The van der Waals surface area contributed by atoms with Crippen LogP contribution >= 0.6 is 0 Å². The van der Waals surface area contributed by atoms with E-state index in [0.717, 1.165) is 18.4 Å². The standard InChI is InChI=1S/C21H21FN2O3/c22-16-8-10-17(11-9-16)27-19-18(20(25)23-12-4-5-13-23)24(21(19)26)14-15-6-2-1-3-7-15/h1-3,6-11,18-19H,4-5,12-14H2/t18-,19-/m0/s1. The van der Waals surface area contributed by atoms with E-state index in [0.29, 0.717) is 25.4 Å². The molecule has 0 spiro atoms. The van der Waals surface area contributed by atoms with Crippen molar-refractivity contribution in [2.45, 2.75) is 31.5 Å². The van der Waals surface area contributed by atoms with Gasteiger partial charge in [0, 0.05) is 19.6 Å². The van der Waals surface area contributed by atoms with Crippen LogP contribution in [0.1, 0.15) is 18.4 Å². The maximum absolute atomic E-state index is 13.1. The number of rotatable bonds is 5. The van der Waals surface area contributed by atoms with Gasteiger partial charge >= 0.3 is 0 Å². The molecule has 2 fully saturated rings. The second-order valence-electron chi connectivity index (χ2n) is 6.92. The number of likely N-dealkylation sites (tertiary alicyclic amines) is 2. The van der Waals surface area contributed by atoms with Crippen molar-refractivity contribution in [1.82, 2.24) is 9.80 Å². The molecule has 0 aromatic heterocycles. The summed E-state index contributed by atoms with van der Waals surface area (Å²) in [5.74, 6) is -0.290. The van der Waals surface area contributed by atoms with E-state index >= 15 is 0 Å². The van der Waals surface area contributed by atoms with E-state index in [1.54, 1.807) is 9.80 Å². The molecule has 2 atom stereocenters. The molecule has 5 nitrogen and oxygen atoms in total. The molecule has 27 heavy (non-hydrogen) atoms. The first-order valence-corrected chi connectivity index (χ1v) is 9.19. The highest BCUT2D eigenvalue weighted by Crippen LogP contribution is 2.30. The molecule has 2 saturated heterocycles. The third-order valence-electron chi connectivity index (χ3n) is 5.09. The van der Waals surface area contributed by atoms with Gasteiger partial charge in [0.2, 0.25) is 12.0 Å². The highest BCUT2D eigenvalue weighted by atomic mass is 19.1. The van der Waals surface area contributed by atoms with Crippen LogP contribution in [0.2, 0.25) is 0 Å². The molecule has 0 bridgehead atoms. The third-order valence-corrected chi connectivity index (χ3v) is 5.09. The number of nitrogens with zero attached hydrogens (tertiary/aromatic N) is 2. The first-order valence-electron chi connectivity index (χ1n) is 9.19. The Kier molecular flexibility index (Phi) is 4.79. The lowest BCUT2D eigenvalue weighted by atomic mass is 9.95. The number of benzene rings is 2. The van der Waals surface area contributed by atoms with Crippen molar-refractivity contribution in [1.29, 1.82) is 0 Å². The minimum absolute atomic E-state index is 0.0739. The number of halogens is 1. The molecular weight excluding hydrogens is 347 g/mol. The van der Waals surface area contributed by atoms with Gasteiger partial charge in [-0.2, -0.15) is 0 Å². The molecule has 0 radical (unpaired) electrons. The molecule has 4 rings (SSSR count). The molecule has 2 heterocycles. The van der Waals surface area contributed by atoms with E-state index in [1.807, 2.05) is 30.3 Å². The fourth-order valence-electron chi connectivity index (χ4n) is 3.64. The Morgan fingerprint density at radius 3 is 2.37 bits per heavy atom. The quantitative estimate of drug-likeness (QED) is 0.763. The van der Waals surface area contributed by atoms with Crippen molar-refractivity contribution in [3.05, 3.63) is 66.0 Å². The highest BCUT2D eigenvalue weighted by molar-refractivity contribution is 6.01. The Bertz CT molecular complexity index is 819. The Labute approximate surface area is 157 Å². The van der Waals surface area contributed by atoms with Crippen LogP contribution in [0.3, 0.4) is 0 Å². The van der Waals surface area contributed by atoms with Crippen molar-refractivity contribution >= 4 is 11.8 Å². The van der Waals surface area contributed by atoms with Crippen LogP contribution in [0.5, 0.6) is 5.75 Å². The molecule has 2 amide bonds. The number of hydrogen-bond acceptors (Lipinski definition) is 3. The van der Waals surface area contributed by atoms with Gasteiger partial charge in [-0.05, 0) is 42.7 Å². The summed E-state index contributed by atoms with van der Waals surface area (Å²) >= 11 is 0. The van der Waals surface area contributed by atoms with Crippen LogP contribution < -0.4 is 4.74 Å². The van der Waals surface area contributed by atoms with Gasteiger partial charge in [-0.3, -0.25) is 9.59 Å². The van der Waals surface area contributed by atoms with Gasteiger partial charge in [0.1, 0.15) is 11.6 Å². The fourth-order valence-corrected chi connectivity index (χ4v) is 3.64. The molecule has 2 aromatic rings. The summed E-state index contributed by atoms with van der Waals surface area (Å²) in [7, 11) is 0. The summed E-state index contributed by atoms with van der Waals surface area (Å²) in [6, 6.07) is 14.4. The second kappa shape index (κ2) is 7.39. The maximum Gasteiger partial charge on any atom is 0.267 e. The zero-order valence-corrected chi connectivity index (χ0v) is 14.9. The van der Waals surface area contributed by atoms with Crippen LogP contribution in [0.15, 0.2) is 54.6 Å². The largest absolute Gasteiger partial charge is 0.478 e. The van der Waals surface area contributed by atoms with Gasteiger partial charge in [0.25, 0.3) is 5.91 Å². The number of β-lactam (4-membered cyclic amide) rings is 1. The zero-order valence-electron chi connectivity index (χ0n) is 14.9. The monoisotopic (exact) mass is 368 g/mol. The number of hydrogen-bond donors (Lipinski definition) is 0. The predicted molar refractivity (Wildman–Crippen MR) is 97.4 cm³/mol. The predicted octanol–water partition coefficient (Wildman–Crippen LogP) is 2.61. The van der Waals surface area contributed by atoms with Crippen molar-refractivity contribution in [2.24, 2.45) is 0 Å². The summed E-state index contributed by atoms with van der Waals surface area (Å²) in [6.07, 6.45) is 1.09. The van der Waals surface area contributed by atoms with E-state index < -0.39 is 12.1 Å². The van der Waals surface area contributed by atoms with Gasteiger partial charge in [-0.1, -0.05) is 30.3 Å². The number of ether oxygens (including phenoxy) is 1. The van der Waals surface area contributed by atoms with Crippen LogP contribution in [-0.2, 0) is 16.1 Å². The SMILES string of the molecule is O=C([C@@H]1[C@H](Oc2ccc(F)cc2)C(=O)N1Cc1ccccc1)N1CCCC1. The maximum atomic E-state index is 13.1. The molecule has 0 saturated carbocycles. The lowest BCUT2D eigenvalue weighted by molar-refractivity contribution is -0.174. The lowest BCUT2D eigenvalue weighted by Gasteiger charge is -2.46. The van der Waals surface area contributed by atoms with Gasteiger partial charge in [-0.25, -0.2) is 4.39 Å². The Morgan fingerprint density at radius 2 is 1.70 bits per heavy atom. The van der Waals surface area contributed by atoms with Crippen molar-refractivity contribution < 1.29 is 18.7 Å². The molecule has 2 aliphatic heterocycles.